The first-order valence-corrected chi connectivity index (χ1v) is 7.71. The lowest BCUT2D eigenvalue weighted by atomic mass is 9.99. The van der Waals surface area contributed by atoms with E-state index >= 15 is 0 Å². The summed E-state index contributed by atoms with van der Waals surface area (Å²) in [5.74, 6) is 0.253. The van der Waals surface area contributed by atoms with E-state index in [-0.39, 0.29) is 18.6 Å². The fourth-order valence-corrected chi connectivity index (χ4v) is 3.38. The minimum absolute atomic E-state index is 0.0498. The Labute approximate surface area is 123 Å². The van der Waals surface area contributed by atoms with E-state index in [2.05, 4.69) is 4.98 Å². The molecule has 2 heterocycles. The van der Waals surface area contributed by atoms with Crippen molar-refractivity contribution in [3.63, 3.8) is 0 Å². The molecule has 112 valence electrons. The number of nitrogen functional groups attached to an aromatic ring is 1. The second kappa shape index (κ2) is 6.41. The fraction of sp³-hybridized carbons (Fsp3) is 0.692. The van der Waals surface area contributed by atoms with Crippen molar-refractivity contribution in [2.24, 2.45) is 0 Å². The van der Waals surface area contributed by atoms with Crippen LogP contribution in [0.3, 0.4) is 0 Å². The maximum absolute atomic E-state index is 12.7. The second-order valence-corrected chi connectivity index (χ2v) is 6.24. The molecule has 2 rings (SSSR count). The van der Waals surface area contributed by atoms with Gasteiger partial charge in [0, 0.05) is 33.3 Å². The maximum Gasteiger partial charge on any atom is 0.268 e. The number of aliphatic hydroxyl groups excluding tert-OH is 1. The molecule has 7 heteroatoms. The molecule has 1 unspecified atom stereocenters. The van der Waals surface area contributed by atoms with Crippen LogP contribution < -0.4 is 10.6 Å². The highest BCUT2D eigenvalue weighted by molar-refractivity contribution is 7.18. The first-order valence-electron chi connectivity index (χ1n) is 6.90. The molecule has 3 N–H and O–H groups in total. The van der Waals surface area contributed by atoms with Crippen LogP contribution in [0.15, 0.2) is 0 Å². The lowest BCUT2D eigenvalue weighted by Crippen LogP contribution is -2.44. The summed E-state index contributed by atoms with van der Waals surface area (Å²) in [6, 6.07) is 0.116. The molecule has 1 aliphatic heterocycles. The van der Waals surface area contributed by atoms with Crippen LogP contribution in [0.1, 0.15) is 35.4 Å². The Morgan fingerprint density at radius 2 is 2.30 bits per heavy atom. The van der Waals surface area contributed by atoms with Gasteiger partial charge >= 0.3 is 0 Å². The monoisotopic (exact) mass is 298 g/mol. The Morgan fingerprint density at radius 1 is 1.55 bits per heavy atom. The summed E-state index contributed by atoms with van der Waals surface area (Å²) in [4.78, 5) is 21.1. The van der Waals surface area contributed by atoms with E-state index in [4.69, 9.17) is 10.8 Å². The molecule has 1 aliphatic rings. The van der Waals surface area contributed by atoms with Crippen LogP contribution >= 0.6 is 11.3 Å². The molecule has 0 aromatic carbocycles. The van der Waals surface area contributed by atoms with Gasteiger partial charge < -0.3 is 20.6 Å². The Bertz CT molecular complexity index is 473. The van der Waals surface area contributed by atoms with E-state index < -0.39 is 0 Å². The number of carbonyl (C=O) groups excluding carboxylic acids is 1. The zero-order chi connectivity index (χ0) is 14.7. The van der Waals surface area contributed by atoms with E-state index in [1.807, 2.05) is 23.9 Å². The summed E-state index contributed by atoms with van der Waals surface area (Å²) in [5.41, 5.74) is 5.88. The van der Waals surface area contributed by atoms with Gasteiger partial charge in [0.2, 0.25) is 0 Å². The van der Waals surface area contributed by atoms with Gasteiger partial charge in [0.25, 0.3) is 5.91 Å². The second-order valence-electron chi connectivity index (χ2n) is 5.27. The molecule has 0 spiro atoms. The van der Waals surface area contributed by atoms with Gasteiger partial charge in [0.15, 0.2) is 5.13 Å². The number of nitrogens with two attached hydrogens (primary N) is 1. The van der Waals surface area contributed by atoms with Crippen molar-refractivity contribution in [2.75, 3.05) is 37.9 Å². The standard InChI is InChI=1S/C13H22N4O2S/c1-16(2)13-15-11(14)10(20-13)12(19)17-7-4-3-5-9(17)6-8-18/h9,18H,3-8,14H2,1-2H3. The molecule has 1 atom stereocenters. The minimum Gasteiger partial charge on any atom is -0.396 e. The van der Waals surface area contributed by atoms with Crippen LogP contribution in [0, 0.1) is 0 Å². The number of aliphatic hydroxyl groups is 1. The number of anilines is 2. The molecule has 0 bridgehead atoms. The topological polar surface area (TPSA) is 82.7 Å². The Morgan fingerprint density at radius 3 is 2.90 bits per heavy atom. The highest BCUT2D eigenvalue weighted by atomic mass is 32.1. The summed E-state index contributed by atoms with van der Waals surface area (Å²) in [7, 11) is 3.75. The highest BCUT2D eigenvalue weighted by Gasteiger charge is 2.30. The van der Waals surface area contributed by atoms with Crippen molar-refractivity contribution in [2.45, 2.75) is 31.7 Å². The van der Waals surface area contributed by atoms with E-state index in [1.54, 1.807) is 0 Å². The molecule has 1 fully saturated rings. The molecule has 0 aliphatic carbocycles. The van der Waals surface area contributed by atoms with Crippen LogP contribution in [-0.4, -0.2) is 54.2 Å². The van der Waals surface area contributed by atoms with Crippen molar-refractivity contribution in [3.05, 3.63) is 4.88 Å². The Kier molecular flexibility index (Phi) is 4.82. The molecule has 1 aromatic rings. The number of carbonyl (C=O) groups is 1. The largest absolute Gasteiger partial charge is 0.396 e. The lowest BCUT2D eigenvalue weighted by Gasteiger charge is -2.35. The summed E-state index contributed by atoms with van der Waals surface area (Å²) in [5, 5.41) is 9.88. The van der Waals surface area contributed by atoms with Gasteiger partial charge in [-0.25, -0.2) is 4.98 Å². The third-order valence-electron chi connectivity index (χ3n) is 3.57. The van der Waals surface area contributed by atoms with Crippen molar-refractivity contribution >= 4 is 28.2 Å². The molecule has 6 nitrogen and oxygen atoms in total. The first-order chi connectivity index (χ1) is 9.54. The maximum atomic E-state index is 12.7. The van der Waals surface area contributed by atoms with Gasteiger partial charge in [-0.05, 0) is 25.7 Å². The predicted octanol–water partition coefficient (Wildman–Crippen LogP) is 1.17. The molecule has 20 heavy (non-hydrogen) atoms. The van der Waals surface area contributed by atoms with Crippen molar-refractivity contribution in [1.82, 2.24) is 9.88 Å². The number of hydrogen-bond acceptors (Lipinski definition) is 6. The van der Waals surface area contributed by atoms with E-state index in [9.17, 15) is 4.79 Å². The van der Waals surface area contributed by atoms with Gasteiger partial charge in [-0.3, -0.25) is 4.79 Å². The Balaban J connectivity index is 2.20. The third kappa shape index (κ3) is 3.04. The molecular formula is C13H22N4O2S. The summed E-state index contributed by atoms with van der Waals surface area (Å²) < 4.78 is 0. The summed E-state index contributed by atoms with van der Waals surface area (Å²) in [6.45, 7) is 0.841. The number of piperidine rings is 1. The zero-order valence-electron chi connectivity index (χ0n) is 12.0. The van der Waals surface area contributed by atoms with Crippen LogP contribution in [0.25, 0.3) is 0 Å². The normalized spacial score (nSPS) is 19.1. The van der Waals surface area contributed by atoms with E-state index in [1.165, 1.54) is 11.3 Å². The molecular weight excluding hydrogens is 276 g/mol. The molecule has 0 radical (unpaired) electrons. The summed E-state index contributed by atoms with van der Waals surface area (Å²) >= 11 is 1.33. The predicted molar refractivity (Wildman–Crippen MR) is 81.2 cm³/mol. The van der Waals surface area contributed by atoms with E-state index in [0.717, 1.165) is 30.9 Å². The quantitative estimate of drug-likeness (QED) is 0.872. The van der Waals surface area contributed by atoms with Crippen molar-refractivity contribution in [3.8, 4) is 0 Å². The molecule has 1 amide bonds. The van der Waals surface area contributed by atoms with Crippen LogP contribution in [0.2, 0.25) is 0 Å². The number of likely N-dealkylation sites (tertiary alicyclic amines) is 1. The third-order valence-corrected chi connectivity index (χ3v) is 4.80. The average molecular weight is 298 g/mol. The fourth-order valence-electron chi connectivity index (χ4n) is 2.51. The van der Waals surface area contributed by atoms with Crippen LogP contribution in [0.5, 0.6) is 0 Å². The smallest absolute Gasteiger partial charge is 0.268 e. The SMILES string of the molecule is CN(C)c1nc(N)c(C(=O)N2CCCCC2CCO)s1. The summed E-state index contributed by atoms with van der Waals surface area (Å²) in [6.07, 6.45) is 3.69. The average Bonchev–Trinajstić information content (AvgIpc) is 2.81. The highest BCUT2D eigenvalue weighted by Crippen LogP contribution is 2.30. The number of aromatic nitrogens is 1. The number of amides is 1. The van der Waals surface area contributed by atoms with Gasteiger partial charge in [0.1, 0.15) is 10.7 Å². The minimum atomic E-state index is -0.0498. The molecule has 1 aromatic heterocycles. The number of nitrogens with zero attached hydrogens (tertiary/aromatic N) is 3. The zero-order valence-corrected chi connectivity index (χ0v) is 12.8. The van der Waals surface area contributed by atoms with Crippen molar-refractivity contribution in [1.29, 1.82) is 0 Å². The van der Waals surface area contributed by atoms with E-state index in [0.29, 0.717) is 17.1 Å². The van der Waals surface area contributed by atoms with Crippen molar-refractivity contribution < 1.29 is 9.90 Å². The Hall–Kier alpha value is -1.34. The lowest BCUT2D eigenvalue weighted by molar-refractivity contribution is 0.0580. The number of thiazole rings is 1. The van der Waals surface area contributed by atoms with Gasteiger partial charge in [-0.15, -0.1) is 0 Å². The first kappa shape index (κ1) is 15.1. The van der Waals surface area contributed by atoms with Crippen LogP contribution in [0.4, 0.5) is 10.9 Å². The number of rotatable bonds is 4. The molecule has 0 saturated carbocycles. The van der Waals surface area contributed by atoms with Gasteiger partial charge in [-0.1, -0.05) is 11.3 Å². The molecule has 1 saturated heterocycles. The van der Waals surface area contributed by atoms with Crippen LogP contribution in [-0.2, 0) is 0 Å². The van der Waals surface area contributed by atoms with Gasteiger partial charge in [0.05, 0.1) is 0 Å². The number of hydrogen-bond donors (Lipinski definition) is 2. The van der Waals surface area contributed by atoms with Gasteiger partial charge in [-0.2, -0.15) is 0 Å².